The summed E-state index contributed by atoms with van der Waals surface area (Å²) in [6, 6.07) is 57.0. The first kappa shape index (κ1) is 66.0. The highest BCUT2D eigenvalue weighted by Crippen LogP contribution is 2.31. The molecule has 94 heavy (non-hydrogen) atoms. The van der Waals surface area contributed by atoms with Crippen molar-refractivity contribution in [3.63, 3.8) is 0 Å². The molecule has 0 amide bonds. The molecule has 8 aliphatic rings. The number of nitrogens with zero attached hydrogens (tertiary/aromatic N) is 5. The van der Waals surface area contributed by atoms with Gasteiger partial charge in [-0.05, 0) is 159 Å². The topological polar surface area (TPSA) is 194 Å². The number of rotatable bonds is 0. The third kappa shape index (κ3) is 21.0. The number of fused-ring (bicyclic) bond motifs is 4. The average Bonchev–Trinajstić information content (AvgIpc) is 0.786. The highest BCUT2D eigenvalue weighted by Gasteiger charge is 2.12. The summed E-state index contributed by atoms with van der Waals surface area (Å²) in [6.45, 7) is 8.83. The van der Waals surface area contributed by atoms with Crippen LogP contribution < -0.4 is 37.9 Å². The van der Waals surface area contributed by atoms with Crippen molar-refractivity contribution in [2.45, 2.75) is 25.7 Å². The molecular formula is C75H79N5O14. The summed E-state index contributed by atoms with van der Waals surface area (Å²) in [6.07, 6.45) is 7.47. The van der Waals surface area contributed by atoms with Gasteiger partial charge in [0.05, 0.1) is 126 Å². The van der Waals surface area contributed by atoms with E-state index in [4.69, 9.17) is 81.3 Å². The largest absolute Gasteiger partial charge is 0.494 e. The predicted molar refractivity (Wildman–Crippen MR) is 359 cm³/mol. The smallest absolute Gasteiger partial charge is 0.213 e. The highest BCUT2D eigenvalue weighted by atomic mass is 16.6. The van der Waals surface area contributed by atoms with Crippen LogP contribution in [0.4, 0.5) is 0 Å². The average molecular weight is 1270 g/mol. The second-order valence-corrected chi connectivity index (χ2v) is 21.6. The SMILES string of the molecule is c1cc2nc(c1)-c1ccc(nc1)OCCOCCOCCOc1ccc(cc1)OCCOCCOCCOc1ccc(cc1)-c1ccc3ccc4ccc(nc4c3n1)-c1ccc(cc1)OCCOCCOCCOc1ccc(cc1)OCCCCCCOc1ccc-2cn1. The number of hydrogen-bond donors (Lipinski definition) is 0. The quantitative estimate of drug-likeness (QED) is 0.130. The van der Waals surface area contributed by atoms with Gasteiger partial charge in [0.2, 0.25) is 11.8 Å². The van der Waals surface area contributed by atoms with Gasteiger partial charge in [0, 0.05) is 57.6 Å². The highest BCUT2D eigenvalue weighted by molar-refractivity contribution is 6.04. The van der Waals surface area contributed by atoms with Gasteiger partial charge in [0.15, 0.2) is 0 Å². The van der Waals surface area contributed by atoms with Gasteiger partial charge in [-0.3, -0.25) is 0 Å². The number of hydrogen-bond acceptors (Lipinski definition) is 19. The summed E-state index contributed by atoms with van der Waals surface area (Å²) in [5.74, 6) is 5.60. The van der Waals surface area contributed by atoms with Crippen molar-refractivity contribution in [2.24, 2.45) is 0 Å². The predicted octanol–water partition coefficient (Wildman–Crippen LogP) is 13.4. The lowest BCUT2D eigenvalue weighted by molar-refractivity contribution is 0.0268. The maximum Gasteiger partial charge on any atom is 0.213 e. The Balaban J connectivity index is 0.608. The third-order valence-corrected chi connectivity index (χ3v) is 14.9. The second kappa shape index (κ2) is 36.7. The molecule has 0 spiro atoms. The fourth-order valence-corrected chi connectivity index (χ4v) is 9.98. The van der Waals surface area contributed by atoms with E-state index in [9.17, 15) is 0 Å². The normalized spacial score (nSPS) is 15.9. The molecule has 5 aromatic heterocycles. The van der Waals surface area contributed by atoms with E-state index in [2.05, 4.69) is 34.2 Å². The van der Waals surface area contributed by atoms with Crippen LogP contribution in [0.5, 0.6) is 46.3 Å². The van der Waals surface area contributed by atoms with Crippen molar-refractivity contribution in [1.29, 1.82) is 0 Å². The van der Waals surface area contributed by atoms with E-state index in [1.54, 1.807) is 12.4 Å². The zero-order chi connectivity index (χ0) is 63.9. The van der Waals surface area contributed by atoms with Gasteiger partial charge in [0.1, 0.15) is 74.1 Å². The van der Waals surface area contributed by atoms with Crippen molar-refractivity contribution in [3.8, 4) is 91.3 Å². The summed E-state index contributed by atoms with van der Waals surface area (Å²) in [4.78, 5) is 24.2. The van der Waals surface area contributed by atoms with Crippen molar-refractivity contribution in [2.75, 3.05) is 132 Å². The maximum absolute atomic E-state index is 5.98. The Morgan fingerprint density at radius 3 is 0.840 bits per heavy atom. The standard InChI is InChI=1S/C75H79N5O14/c1-2-4-35-93-72-32-16-60(54-76-72)68-6-5-7-69(78-68)61-17-33-73(77-55-61)94-53-47-86-41-40-85-46-52-92-67-28-26-66(27-29-67)91-51-45-84-39-37-82-43-49-89-63-20-12-57(13-21-63)71-31-15-59-9-8-58-14-30-70(79-74(58)75(59)80-71)56-10-18-62(19-11-56)88-48-42-81-36-38-83-44-50-90-65-24-22-64(23-25-65)87-34-3-1/h5-33,54-55H,1-4,34-53H2. The van der Waals surface area contributed by atoms with Crippen molar-refractivity contribution in [3.05, 3.63) is 188 Å². The van der Waals surface area contributed by atoms with Gasteiger partial charge < -0.3 is 66.3 Å². The van der Waals surface area contributed by atoms with Gasteiger partial charge in [0.25, 0.3) is 0 Å². The Morgan fingerprint density at radius 1 is 0.213 bits per heavy atom. The Labute approximate surface area is 548 Å². The van der Waals surface area contributed by atoms with E-state index in [1.807, 2.05) is 152 Å². The van der Waals surface area contributed by atoms with Crippen LogP contribution in [-0.2, 0) is 28.4 Å². The fourth-order valence-electron chi connectivity index (χ4n) is 9.98. The molecule has 0 atom stereocenters. The second-order valence-electron chi connectivity index (χ2n) is 21.6. The van der Waals surface area contributed by atoms with Gasteiger partial charge in [-0.15, -0.1) is 0 Å². The van der Waals surface area contributed by atoms with E-state index < -0.39 is 0 Å². The maximum atomic E-state index is 5.98. The molecule has 8 aliphatic heterocycles. The Morgan fingerprint density at radius 2 is 0.489 bits per heavy atom. The van der Waals surface area contributed by atoms with Crippen LogP contribution in [0, 0.1) is 0 Å². The van der Waals surface area contributed by atoms with Crippen LogP contribution >= 0.6 is 0 Å². The monoisotopic (exact) mass is 1270 g/mol. The molecule has 18 rings (SSSR count). The van der Waals surface area contributed by atoms with Gasteiger partial charge >= 0.3 is 0 Å². The summed E-state index contributed by atoms with van der Waals surface area (Å²) in [5, 5.41) is 2.02. The molecule has 13 heterocycles. The molecule has 0 N–H and O–H groups in total. The van der Waals surface area contributed by atoms with E-state index in [-0.39, 0.29) is 0 Å². The van der Waals surface area contributed by atoms with E-state index in [1.165, 1.54) is 0 Å². The molecule has 0 saturated carbocycles. The van der Waals surface area contributed by atoms with Crippen LogP contribution in [0.15, 0.2) is 188 Å². The molecule has 19 nitrogen and oxygen atoms in total. The lowest BCUT2D eigenvalue weighted by Gasteiger charge is -2.11. The molecule has 0 unspecified atom stereocenters. The van der Waals surface area contributed by atoms with Crippen LogP contribution in [-0.4, -0.2) is 157 Å². The van der Waals surface area contributed by atoms with Crippen molar-refractivity contribution < 1.29 is 66.3 Å². The van der Waals surface area contributed by atoms with Crippen LogP contribution in [0.2, 0.25) is 0 Å². The summed E-state index contributed by atoms with van der Waals surface area (Å²) in [5.41, 5.74) is 8.66. The zero-order valence-corrected chi connectivity index (χ0v) is 52.8. The Hall–Kier alpha value is -9.47. The molecule has 0 aliphatic carbocycles. The minimum absolute atomic E-state index is 0.352. The number of ether oxygens (including phenoxy) is 14. The van der Waals surface area contributed by atoms with E-state index in [0.29, 0.717) is 144 Å². The number of benzene rings is 5. The van der Waals surface area contributed by atoms with E-state index in [0.717, 1.165) is 127 Å². The minimum atomic E-state index is 0.352. The Bertz CT molecular complexity index is 3830. The fraction of sp³-hybridized carbons (Fsp3) is 0.320. The number of aromatic nitrogens is 5. The molecule has 0 fully saturated rings. The molecule has 0 radical (unpaired) electrons. The first-order valence-corrected chi connectivity index (χ1v) is 32.1. The molecule has 10 aromatic rings. The van der Waals surface area contributed by atoms with Gasteiger partial charge in [-0.1, -0.05) is 30.3 Å². The third-order valence-electron chi connectivity index (χ3n) is 14.9. The molecule has 19 heteroatoms. The zero-order valence-electron chi connectivity index (χ0n) is 52.8. The summed E-state index contributed by atoms with van der Waals surface area (Å²) < 4.78 is 81.6. The summed E-state index contributed by atoms with van der Waals surface area (Å²) >= 11 is 0. The van der Waals surface area contributed by atoms with Gasteiger partial charge in [-0.2, -0.15) is 0 Å². The molecule has 0 saturated heterocycles. The van der Waals surface area contributed by atoms with Crippen molar-refractivity contribution in [1.82, 2.24) is 24.9 Å². The van der Waals surface area contributed by atoms with Gasteiger partial charge in [-0.25, -0.2) is 24.9 Å². The van der Waals surface area contributed by atoms with Crippen LogP contribution in [0.25, 0.3) is 66.8 Å². The molecule has 5 aromatic carbocycles. The first-order valence-electron chi connectivity index (χ1n) is 32.1. The Kier molecular flexibility index (Phi) is 25.8. The van der Waals surface area contributed by atoms with Crippen LogP contribution in [0.3, 0.4) is 0 Å². The molecule has 18 bridgehead atoms. The number of pyridine rings is 5. The van der Waals surface area contributed by atoms with E-state index >= 15 is 0 Å². The van der Waals surface area contributed by atoms with Crippen molar-refractivity contribution >= 4 is 21.8 Å². The molecular weight excluding hydrogens is 1190 g/mol. The first-order chi connectivity index (χ1) is 46.6. The van der Waals surface area contributed by atoms with Crippen LogP contribution in [0.1, 0.15) is 25.7 Å². The molecule has 488 valence electrons. The lowest BCUT2D eigenvalue weighted by atomic mass is 10.1. The lowest BCUT2D eigenvalue weighted by Crippen LogP contribution is -2.14. The minimum Gasteiger partial charge on any atom is -0.494 e. The summed E-state index contributed by atoms with van der Waals surface area (Å²) in [7, 11) is 0.